The minimum atomic E-state index is 0. The third kappa shape index (κ3) is 4.77. The third-order valence-corrected chi connectivity index (χ3v) is 4.00. The van der Waals surface area contributed by atoms with Crippen LogP contribution in [0.5, 0.6) is 0 Å². The first-order chi connectivity index (χ1) is 8.31. The summed E-state index contributed by atoms with van der Waals surface area (Å²) in [5.41, 5.74) is 0. The molecule has 1 saturated carbocycles. The monoisotopic (exact) mass is 274 g/mol. The Morgan fingerprint density at radius 1 is 1.22 bits per heavy atom. The SMILES string of the molecule is CCCN(C(=O)CCC1CCNCC1)C1CC1.Cl. The number of halogens is 1. The van der Waals surface area contributed by atoms with Crippen LogP contribution in [-0.4, -0.2) is 36.5 Å². The Hall–Kier alpha value is -0.280. The Balaban J connectivity index is 0.00000162. The van der Waals surface area contributed by atoms with Gasteiger partial charge in [0.1, 0.15) is 0 Å². The van der Waals surface area contributed by atoms with Crippen molar-refractivity contribution in [1.29, 1.82) is 0 Å². The highest BCUT2D eigenvalue weighted by Crippen LogP contribution is 2.28. The van der Waals surface area contributed by atoms with Gasteiger partial charge in [-0.1, -0.05) is 6.92 Å². The molecular formula is C14H27ClN2O. The number of rotatable bonds is 6. The van der Waals surface area contributed by atoms with Crippen molar-refractivity contribution in [2.75, 3.05) is 19.6 Å². The van der Waals surface area contributed by atoms with Gasteiger partial charge in [0, 0.05) is 19.0 Å². The van der Waals surface area contributed by atoms with Crippen LogP contribution in [0.25, 0.3) is 0 Å². The Morgan fingerprint density at radius 2 is 1.89 bits per heavy atom. The molecule has 1 N–H and O–H groups in total. The molecule has 0 atom stereocenters. The van der Waals surface area contributed by atoms with Gasteiger partial charge in [0.05, 0.1) is 0 Å². The largest absolute Gasteiger partial charge is 0.340 e. The number of carbonyl (C=O) groups excluding carboxylic acids is 1. The van der Waals surface area contributed by atoms with Crippen LogP contribution >= 0.6 is 12.4 Å². The lowest BCUT2D eigenvalue weighted by Crippen LogP contribution is -2.34. The molecule has 2 fully saturated rings. The second kappa shape index (κ2) is 8.00. The van der Waals surface area contributed by atoms with E-state index in [2.05, 4.69) is 17.1 Å². The number of carbonyl (C=O) groups is 1. The van der Waals surface area contributed by atoms with E-state index in [9.17, 15) is 4.79 Å². The molecule has 1 aliphatic heterocycles. The fourth-order valence-corrected chi connectivity index (χ4v) is 2.78. The molecule has 0 aromatic carbocycles. The highest BCUT2D eigenvalue weighted by atomic mass is 35.5. The van der Waals surface area contributed by atoms with Crippen molar-refractivity contribution in [3.8, 4) is 0 Å². The molecule has 1 heterocycles. The highest BCUT2D eigenvalue weighted by Gasteiger charge is 2.31. The minimum absolute atomic E-state index is 0. The molecule has 18 heavy (non-hydrogen) atoms. The lowest BCUT2D eigenvalue weighted by atomic mass is 9.93. The van der Waals surface area contributed by atoms with E-state index in [1.165, 1.54) is 25.7 Å². The van der Waals surface area contributed by atoms with Crippen LogP contribution in [0, 0.1) is 5.92 Å². The number of amides is 1. The summed E-state index contributed by atoms with van der Waals surface area (Å²) in [6, 6.07) is 0.593. The van der Waals surface area contributed by atoms with Crippen LogP contribution in [0.15, 0.2) is 0 Å². The van der Waals surface area contributed by atoms with Crippen molar-refractivity contribution in [1.82, 2.24) is 10.2 Å². The molecule has 4 heteroatoms. The van der Waals surface area contributed by atoms with Gasteiger partial charge < -0.3 is 10.2 Å². The molecule has 1 amide bonds. The van der Waals surface area contributed by atoms with E-state index >= 15 is 0 Å². The summed E-state index contributed by atoms with van der Waals surface area (Å²) < 4.78 is 0. The van der Waals surface area contributed by atoms with Crippen LogP contribution in [-0.2, 0) is 4.79 Å². The molecule has 1 saturated heterocycles. The smallest absolute Gasteiger partial charge is 0.222 e. The lowest BCUT2D eigenvalue weighted by molar-refractivity contribution is -0.132. The number of hydrogen-bond donors (Lipinski definition) is 1. The van der Waals surface area contributed by atoms with Crippen molar-refractivity contribution < 1.29 is 4.79 Å². The van der Waals surface area contributed by atoms with E-state index < -0.39 is 0 Å². The maximum atomic E-state index is 12.2. The van der Waals surface area contributed by atoms with Gasteiger partial charge >= 0.3 is 0 Å². The van der Waals surface area contributed by atoms with Gasteiger partial charge in [0.15, 0.2) is 0 Å². The first kappa shape index (κ1) is 15.8. The molecule has 0 spiro atoms. The van der Waals surface area contributed by atoms with Crippen LogP contribution < -0.4 is 5.32 Å². The predicted octanol–water partition coefficient (Wildman–Crippen LogP) is 2.59. The summed E-state index contributed by atoms with van der Waals surface area (Å²) in [6.07, 6.45) is 7.96. The van der Waals surface area contributed by atoms with Gasteiger partial charge in [-0.05, 0) is 57.5 Å². The molecule has 3 nitrogen and oxygen atoms in total. The van der Waals surface area contributed by atoms with Gasteiger partial charge in [0.2, 0.25) is 5.91 Å². The normalized spacial score (nSPS) is 20.3. The first-order valence-corrected chi connectivity index (χ1v) is 7.31. The van der Waals surface area contributed by atoms with Crippen LogP contribution in [0.2, 0.25) is 0 Å². The van der Waals surface area contributed by atoms with Gasteiger partial charge in [0.25, 0.3) is 0 Å². The van der Waals surface area contributed by atoms with Gasteiger partial charge in [-0.3, -0.25) is 4.79 Å². The van der Waals surface area contributed by atoms with E-state index in [-0.39, 0.29) is 12.4 Å². The fraction of sp³-hybridized carbons (Fsp3) is 0.929. The molecule has 0 aromatic heterocycles. The average Bonchev–Trinajstić information content (AvgIpc) is 3.18. The lowest BCUT2D eigenvalue weighted by Gasteiger charge is -2.25. The Labute approximate surface area is 117 Å². The standard InChI is InChI=1S/C14H26N2O.ClH/c1-2-11-16(13-4-5-13)14(17)6-3-12-7-9-15-10-8-12;/h12-13,15H,2-11H2,1H3;1H. The van der Waals surface area contributed by atoms with E-state index in [4.69, 9.17) is 0 Å². The molecular weight excluding hydrogens is 248 g/mol. The second-order valence-corrected chi connectivity index (χ2v) is 5.55. The van der Waals surface area contributed by atoms with Crippen molar-refractivity contribution >= 4 is 18.3 Å². The van der Waals surface area contributed by atoms with E-state index in [1.54, 1.807) is 0 Å². The third-order valence-electron chi connectivity index (χ3n) is 4.00. The zero-order chi connectivity index (χ0) is 12.1. The van der Waals surface area contributed by atoms with Crippen molar-refractivity contribution in [2.45, 2.75) is 57.9 Å². The summed E-state index contributed by atoms with van der Waals surface area (Å²) in [5, 5.41) is 3.38. The summed E-state index contributed by atoms with van der Waals surface area (Å²) in [5.74, 6) is 1.19. The molecule has 106 valence electrons. The topological polar surface area (TPSA) is 32.3 Å². The Bertz CT molecular complexity index is 250. The maximum Gasteiger partial charge on any atom is 0.222 e. The van der Waals surface area contributed by atoms with Crippen LogP contribution in [0.1, 0.15) is 51.9 Å². The van der Waals surface area contributed by atoms with Crippen LogP contribution in [0.4, 0.5) is 0 Å². The van der Waals surface area contributed by atoms with E-state index in [0.717, 1.165) is 44.8 Å². The predicted molar refractivity (Wildman–Crippen MR) is 77.1 cm³/mol. The van der Waals surface area contributed by atoms with Crippen molar-refractivity contribution in [2.24, 2.45) is 5.92 Å². The molecule has 0 unspecified atom stereocenters. The average molecular weight is 275 g/mol. The quantitative estimate of drug-likeness (QED) is 0.807. The van der Waals surface area contributed by atoms with Gasteiger partial charge in [-0.25, -0.2) is 0 Å². The number of hydrogen-bond acceptors (Lipinski definition) is 2. The highest BCUT2D eigenvalue weighted by molar-refractivity contribution is 5.85. The molecule has 1 aliphatic carbocycles. The molecule has 0 bridgehead atoms. The fourth-order valence-electron chi connectivity index (χ4n) is 2.78. The number of piperidine rings is 1. The summed E-state index contributed by atoms with van der Waals surface area (Å²) >= 11 is 0. The zero-order valence-corrected chi connectivity index (χ0v) is 12.3. The van der Waals surface area contributed by atoms with E-state index in [1.807, 2.05) is 0 Å². The van der Waals surface area contributed by atoms with E-state index in [0.29, 0.717) is 11.9 Å². The molecule has 0 radical (unpaired) electrons. The number of nitrogens with zero attached hydrogens (tertiary/aromatic N) is 1. The Kier molecular flexibility index (Phi) is 7.02. The summed E-state index contributed by atoms with van der Waals surface area (Å²) in [7, 11) is 0. The van der Waals surface area contributed by atoms with Gasteiger partial charge in [-0.15, -0.1) is 12.4 Å². The van der Waals surface area contributed by atoms with Crippen LogP contribution in [0.3, 0.4) is 0 Å². The Morgan fingerprint density at radius 3 is 2.44 bits per heavy atom. The minimum Gasteiger partial charge on any atom is -0.340 e. The van der Waals surface area contributed by atoms with Crippen molar-refractivity contribution in [3.05, 3.63) is 0 Å². The maximum absolute atomic E-state index is 12.2. The summed E-state index contributed by atoms with van der Waals surface area (Å²) in [4.78, 5) is 14.3. The zero-order valence-electron chi connectivity index (χ0n) is 11.5. The molecule has 0 aromatic rings. The first-order valence-electron chi connectivity index (χ1n) is 7.31. The van der Waals surface area contributed by atoms with Crippen molar-refractivity contribution in [3.63, 3.8) is 0 Å². The van der Waals surface area contributed by atoms with Gasteiger partial charge in [-0.2, -0.15) is 0 Å². The number of nitrogens with one attached hydrogen (secondary N) is 1. The summed E-state index contributed by atoms with van der Waals surface area (Å²) in [6.45, 7) is 5.41. The molecule has 2 aliphatic rings. The molecule has 2 rings (SSSR count). The second-order valence-electron chi connectivity index (χ2n) is 5.55.